The monoisotopic (exact) mass is 283 g/mol. The molecule has 20 heavy (non-hydrogen) atoms. The molecule has 1 rings (SSSR count). The Kier molecular flexibility index (Phi) is 8.13. The van der Waals surface area contributed by atoms with Gasteiger partial charge in [-0.2, -0.15) is 0 Å². The molecule has 2 heteroatoms. The molecule has 2 unspecified atom stereocenters. The molecule has 0 aromatic rings. The van der Waals surface area contributed by atoms with E-state index in [0.29, 0.717) is 0 Å². The summed E-state index contributed by atoms with van der Waals surface area (Å²) in [6.45, 7) is 9.85. The molecular weight excluding hydrogens is 246 g/mol. The highest BCUT2D eigenvalue weighted by molar-refractivity contribution is 4.95. The van der Waals surface area contributed by atoms with E-state index in [1.165, 1.54) is 38.5 Å². The Morgan fingerprint density at radius 1 is 1.20 bits per heavy atom. The minimum atomic E-state index is -0.0269. The fourth-order valence-electron chi connectivity index (χ4n) is 3.72. The SMILES string of the molecule is CCCCC(CC)CC(N)C1(OCC)CCC(C)CC1. The molecule has 0 radical (unpaired) electrons. The summed E-state index contributed by atoms with van der Waals surface area (Å²) in [6, 6.07) is 0.219. The van der Waals surface area contributed by atoms with Crippen LogP contribution in [0.4, 0.5) is 0 Å². The van der Waals surface area contributed by atoms with Crippen LogP contribution in [0.15, 0.2) is 0 Å². The minimum Gasteiger partial charge on any atom is -0.374 e. The Morgan fingerprint density at radius 2 is 1.85 bits per heavy atom. The zero-order valence-electron chi connectivity index (χ0n) is 14.3. The number of unbranched alkanes of at least 4 members (excludes halogenated alkanes) is 1. The third-order valence-corrected chi connectivity index (χ3v) is 5.36. The molecule has 0 aliphatic heterocycles. The van der Waals surface area contributed by atoms with Gasteiger partial charge < -0.3 is 10.5 Å². The third kappa shape index (κ3) is 5.04. The normalized spacial score (nSPS) is 30.1. The fraction of sp³-hybridized carbons (Fsp3) is 1.00. The van der Waals surface area contributed by atoms with E-state index in [2.05, 4.69) is 27.7 Å². The van der Waals surface area contributed by atoms with E-state index in [0.717, 1.165) is 37.7 Å². The maximum absolute atomic E-state index is 6.64. The molecule has 1 aliphatic rings. The van der Waals surface area contributed by atoms with E-state index in [-0.39, 0.29) is 11.6 Å². The first-order valence-electron chi connectivity index (χ1n) is 8.97. The van der Waals surface area contributed by atoms with Gasteiger partial charge in [-0.05, 0) is 50.9 Å². The molecule has 0 spiro atoms. The predicted molar refractivity (Wildman–Crippen MR) is 87.9 cm³/mol. The van der Waals surface area contributed by atoms with E-state index >= 15 is 0 Å². The summed E-state index contributed by atoms with van der Waals surface area (Å²) in [6.07, 6.45) is 11.2. The maximum Gasteiger partial charge on any atom is 0.0832 e. The highest BCUT2D eigenvalue weighted by Crippen LogP contribution is 2.39. The van der Waals surface area contributed by atoms with Gasteiger partial charge in [0, 0.05) is 12.6 Å². The lowest BCUT2D eigenvalue weighted by molar-refractivity contribution is -0.0926. The lowest BCUT2D eigenvalue weighted by Crippen LogP contribution is -2.52. The average molecular weight is 284 g/mol. The lowest BCUT2D eigenvalue weighted by Gasteiger charge is -2.44. The lowest BCUT2D eigenvalue weighted by atomic mass is 9.73. The second-order valence-corrected chi connectivity index (χ2v) is 6.94. The number of hydrogen-bond donors (Lipinski definition) is 1. The van der Waals surface area contributed by atoms with Crippen molar-refractivity contribution in [2.75, 3.05) is 6.61 Å². The maximum atomic E-state index is 6.64. The van der Waals surface area contributed by atoms with Crippen LogP contribution < -0.4 is 5.73 Å². The van der Waals surface area contributed by atoms with Crippen molar-refractivity contribution in [3.63, 3.8) is 0 Å². The molecule has 0 aromatic carbocycles. The minimum absolute atomic E-state index is 0.0269. The van der Waals surface area contributed by atoms with Gasteiger partial charge in [-0.3, -0.25) is 0 Å². The Balaban J connectivity index is 2.60. The van der Waals surface area contributed by atoms with Crippen LogP contribution in [0.3, 0.4) is 0 Å². The summed E-state index contributed by atoms with van der Waals surface area (Å²) in [7, 11) is 0. The van der Waals surface area contributed by atoms with E-state index in [4.69, 9.17) is 10.5 Å². The Hall–Kier alpha value is -0.0800. The van der Waals surface area contributed by atoms with Crippen molar-refractivity contribution in [1.82, 2.24) is 0 Å². The van der Waals surface area contributed by atoms with Crippen molar-refractivity contribution in [2.24, 2.45) is 17.6 Å². The van der Waals surface area contributed by atoms with Crippen molar-refractivity contribution in [1.29, 1.82) is 0 Å². The summed E-state index contributed by atoms with van der Waals surface area (Å²) >= 11 is 0. The largest absolute Gasteiger partial charge is 0.374 e. The van der Waals surface area contributed by atoms with E-state index in [1.54, 1.807) is 0 Å². The predicted octanol–water partition coefficient (Wildman–Crippen LogP) is 4.91. The van der Waals surface area contributed by atoms with Gasteiger partial charge in [0.25, 0.3) is 0 Å². The van der Waals surface area contributed by atoms with E-state index < -0.39 is 0 Å². The van der Waals surface area contributed by atoms with Crippen molar-refractivity contribution in [3.8, 4) is 0 Å². The number of ether oxygens (including phenoxy) is 1. The zero-order valence-corrected chi connectivity index (χ0v) is 14.3. The van der Waals surface area contributed by atoms with Crippen LogP contribution in [0.2, 0.25) is 0 Å². The van der Waals surface area contributed by atoms with Gasteiger partial charge in [-0.25, -0.2) is 0 Å². The van der Waals surface area contributed by atoms with Crippen LogP contribution in [0, 0.1) is 11.8 Å². The topological polar surface area (TPSA) is 35.2 Å². The van der Waals surface area contributed by atoms with Crippen LogP contribution in [0.25, 0.3) is 0 Å². The van der Waals surface area contributed by atoms with Crippen LogP contribution in [-0.4, -0.2) is 18.2 Å². The molecule has 1 saturated carbocycles. The molecule has 2 N–H and O–H groups in total. The molecule has 0 saturated heterocycles. The van der Waals surface area contributed by atoms with E-state index in [9.17, 15) is 0 Å². The molecular formula is C18H37NO. The molecule has 0 heterocycles. The molecule has 2 atom stereocenters. The standard InChI is InChI=1S/C18H37NO/c1-5-8-9-16(6-2)14-17(19)18(20-7-3)12-10-15(4)11-13-18/h15-17H,5-14,19H2,1-4H3. The van der Waals surface area contributed by atoms with Gasteiger partial charge in [-0.15, -0.1) is 0 Å². The van der Waals surface area contributed by atoms with Crippen LogP contribution in [0.5, 0.6) is 0 Å². The summed E-state index contributed by atoms with van der Waals surface area (Å²) in [5.41, 5.74) is 6.61. The number of rotatable bonds is 9. The van der Waals surface area contributed by atoms with Gasteiger partial charge in [0.1, 0.15) is 0 Å². The molecule has 2 nitrogen and oxygen atoms in total. The summed E-state index contributed by atoms with van der Waals surface area (Å²) < 4.78 is 6.21. The molecule has 120 valence electrons. The number of hydrogen-bond acceptors (Lipinski definition) is 2. The van der Waals surface area contributed by atoms with Crippen molar-refractivity contribution in [2.45, 2.75) is 97.1 Å². The number of nitrogens with two attached hydrogens (primary N) is 1. The van der Waals surface area contributed by atoms with Gasteiger partial charge in [-0.1, -0.05) is 46.5 Å². The Labute approximate surface area is 126 Å². The quantitative estimate of drug-likeness (QED) is 0.653. The first kappa shape index (κ1) is 18.0. The third-order valence-electron chi connectivity index (χ3n) is 5.36. The molecule has 0 aromatic heterocycles. The molecule has 1 fully saturated rings. The van der Waals surface area contributed by atoms with Crippen LogP contribution in [0.1, 0.15) is 85.5 Å². The van der Waals surface area contributed by atoms with Gasteiger partial charge >= 0.3 is 0 Å². The first-order valence-corrected chi connectivity index (χ1v) is 8.97. The molecule has 0 amide bonds. The first-order chi connectivity index (χ1) is 9.57. The van der Waals surface area contributed by atoms with Crippen LogP contribution >= 0.6 is 0 Å². The smallest absolute Gasteiger partial charge is 0.0832 e. The second-order valence-electron chi connectivity index (χ2n) is 6.94. The molecule has 1 aliphatic carbocycles. The van der Waals surface area contributed by atoms with Crippen molar-refractivity contribution in [3.05, 3.63) is 0 Å². The Bertz CT molecular complexity index is 246. The Morgan fingerprint density at radius 3 is 2.35 bits per heavy atom. The van der Waals surface area contributed by atoms with E-state index in [1.807, 2.05) is 0 Å². The van der Waals surface area contributed by atoms with Crippen molar-refractivity contribution >= 4 is 0 Å². The van der Waals surface area contributed by atoms with Gasteiger partial charge in [0.05, 0.1) is 5.60 Å². The highest BCUT2D eigenvalue weighted by Gasteiger charge is 2.40. The summed E-state index contributed by atoms with van der Waals surface area (Å²) in [5.74, 6) is 1.62. The van der Waals surface area contributed by atoms with Gasteiger partial charge in [0.2, 0.25) is 0 Å². The molecule has 0 bridgehead atoms. The van der Waals surface area contributed by atoms with Gasteiger partial charge in [0.15, 0.2) is 0 Å². The average Bonchev–Trinajstić information content (AvgIpc) is 2.46. The van der Waals surface area contributed by atoms with Crippen LogP contribution in [-0.2, 0) is 4.74 Å². The highest BCUT2D eigenvalue weighted by atomic mass is 16.5. The fourth-order valence-corrected chi connectivity index (χ4v) is 3.72. The summed E-state index contributed by atoms with van der Waals surface area (Å²) in [4.78, 5) is 0. The zero-order chi connectivity index (χ0) is 15.0. The summed E-state index contributed by atoms with van der Waals surface area (Å²) in [5, 5.41) is 0. The van der Waals surface area contributed by atoms with Crippen molar-refractivity contribution < 1.29 is 4.74 Å². The second kappa shape index (κ2) is 9.04.